The van der Waals surface area contributed by atoms with Gasteiger partial charge in [0.25, 0.3) is 11.7 Å². The average Bonchev–Trinajstić information content (AvgIpc) is 2.71. The molecule has 68 valence electrons. The van der Waals surface area contributed by atoms with Crippen LogP contribution < -0.4 is 5.73 Å². The van der Waals surface area contributed by atoms with E-state index in [2.05, 4.69) is 25.6 Å². The molecule has 0 fully saturated rings. The molecular weight excluding hydrogens is 174 g/mol. The van der Waals surface area contributed by atoms with Gasteiger partial charge in [0.15, 0.2) is 5.82 Å². The first kappa shape index (κ1) is 7.80. The Morgan fingerprint density at radius 2 is 2.38 bits per heavy atom. The zero-order valence-corrected chi connectivity index (χ0v) is 6.88. The first-order valence-electron chi connectivity index (χ1n) is 3.56. The van der Waals surface area contributed by atoms with Crippen molar-refractivity contribution < 1.29 is 4.52 Å². The van der Waals surface area contributed by atoms with Crippen molar-refractivity contribution in [1.82, 2.24) is 30.3 Å². The van der Waals surface area contributed by atoms with Crippen LogP contribution in [0.1, 0.15) is 5.82 Å². The van der Waals surface area contributed by atoms with Crippen molar-refractivity contribution in [3.05, 3.63) is 5.82 Å². The molecule has 2 rings (SSSR count). The highest BCUT2D eigenvalue weighted by Gasteiger charge is 2.12. The maximum Gasteiger partial charge on any atom is 0.299 e. The van der Waals surface area contributed by atoms with E-state index in [9.17, 15) is 0 Å². The number of aromatic nitrogens is 6. The lowest BCUT2D eigenvalue weighted by molar-refractivity contribution is 0.420. The van der Waals surface area contributed by atoms with Crippen molar-refractivity contribution in [3.8, 4) is 11.7 Å². The Morgan fingerprint density at radius 3 is 2.92 bits per heavy atom. The molecule has 8 heteroatoms. The highest BCUT2D eigenvalue weighted by atomic mass is 16.5. The highest BCUT2D eigenvalue weighted by Crippen LogP contribution is 2.08. The van der Waals surface area contributed by atoms with Crippen LogP contribution in [0.25, 0.3) is 11.7 Å². The number of nitrogens with two attached hydrogens (primary N) is 1. The van der Waals surface area contributed by atoms with Gasteiger partial charge in [-0.15, -0.1) is 10.2 Å². The molecule has 2 heterocycles. The molecule has 0 atom stereocenters. The van der Waals surface area contributed by atoms with Gasteiger partial charge in [-0.2, -0.15) is 9.78 Å². The van der Waals surface area contributed by atoms with E-state index in [-0.39, 0.29) is 12.4 Å². The van der Waals surface area contributed by atoms with Gasteiger partial charge in [0, 0.05) is 0 Å². The minimum absolute atomic E-state index is 0.226. The second-order valence-electron chi connectivity index (χ2n) is 2.32. The Kier molecular flexibility index (Phi) is 1.74. The van der Waals surface area contributed by atoms with Crippen molar-refractivity contribution in [2.45, 2.75) is 6.54 Å². The third-order valence-corrected chi connectivity index (χ3v) is 1.35. The van der Waals surface area contributed by atoms with Crippen LogP contribution in [0.4, 0.5) is 0 Å². The van der Waals surface area contributed by atoms with Crippen LogP contribution in [-0.4, -0.2) is 30.3 Å². The molecule has 0 spiro atoms. The lowest BCUT2D eigenvalue weighted by atomic mass is 10.6. The smallest absolute Gasteiger partial charge is 0.299 e. The molecule has 0 bridgehead atoms. The summed E-state index contributed by atoms with van der Waals surface area (Å²) < 4.78 is 4.84. The van der Waals surface area contributed by atoms with Gasteiger partial charge < -0.3 is 10.3 Å². The zero-order valence-electron chi connectivity index (χ0n) is 6.88. The molecule has 2 N–H and O–H groups in total. The van der Waals surface area contributed by atoms with E-state index < -0.39 is 0 Å². The Balaban J connectivity index is 2.35. The van der Waals surface area contributed by atoms with E-state index >= 15 is 0 Å². The quantitative estimate of drug-likeness (QED) is 0.614. The molecule has 0 aliphatic carbocycles. The SMILES string of the molecule is Cn1nnc(-c2nc(CN)no2)n1. The van der Waals surface area contributed by atoms with Crippen LogP contribution >= 0.6 is 0 Å². The Bertz CT molecular complexity index is 404. The predicted molar refractivity (Wildman–Crippen MR) is 40.0 cm³/mol. The van der Waals surface area contributed by atoms with E-state index in [1.54, 1.807) is 7.05 Å². The second kappa shape index (κ2) is 2.90. The maximum atomic E-state index is 5.30. The van der Waals surface area contributed by atoms with Crippen LogP contribution in [0.3, 0.4) is 0 Å². The molecule has 0 aromatic carbocycles. The third kappa shape index (κ3) is 1.38. The summed E-state index contributed by atoms with van der Waals surface area (Å²) in [7, 11) is 1.65. The zero-order chi connectivity index (χ0) is 9.26. The summed E-state index contributed by atoms with van der Waals surface area (Å²) in [6, 6.07) is 0. The Labute approximate surface area is 72.7 Å². The number of hydrogen-bond donors (Lipinski definition) is 1. The van der Waals surface area contributed by atoms with Gasteiger partial charge in [0.2, 0.25) is 0 Å². The molecule has 0 saturated heterocycles. The molecule has 0 saturated carbocycles. The van der Waals surface area contributed by atoms with Gasteiger partial charge in [0.1, 0.15) is 0 Å². The monoisotopic (exact) mass is 181 g/mol. The standard InChI is InChI=1S/C5H7N7O/c1-12-9-4(8-11-12)5-7-3(2-6)10-13-5/h2,6H2,1H3. The Hall–Kier alpha value is -1.83. The molecule has 0 unspecified atom stereocenters. The lowest BCUT2D eigenvalue weighted by Crippen LogP contribution is -1.98. The van der Waals surface area contributed by atoms with E-state index in [1.807, 2.05) is 0 Å². The fraction of sp³-hybridized carbons (Fsp3) is 0.400. The fourth-order valence-corrected chi connectivity index (χ4v) is 0.797. The van der Waals surface area contributed by atoms with Gasteiger partial charge in [0.05, 0.1) is 13.6 Å². The summed E-state index contributed by atoms with van der Waals surface area (Å²) in [5, 5.41) is 14.8. The highest BCUT2D eigenvalue weighted by molar-refractivity contribution is 5.36. The van der Waals surface area contributed by atoms with E-state index in [0.29, 0.717) is 11.6 Å². The van der Waals surface area contributed by atoms with Gasteiger partial charge in [-0.1, -0.05) is 5.16 Å². The summed E-state index contributed by atoms with van der Waals surface area (Å²) in [5.41, 5.74) is 5.30. The number of rotatable bonds is 2. The van der Waals surface area contributed by atoms with Crippen LogP contribution in [0.2, 0.25) is 0 Å². The topological polar surface area (TPSA) is 109 Å². The number of hydrogen-bond acceptors (Lipinski definition) is 7. The van der Waals surface area contributed by atoms with Gasteiger partial charge in [-0.25, -0.2) is 0 Å². The predicted octanol–water partition coefficient (Wildman–Crippen LogP) is -1.28. The van der Waals surface area contributed by atoms with Crippen molar-refractivity contribution in [3.63, 3.8) is 0 Å². The average molecular weight is 181 g/mol. The van der Waals surface area contributed by atoms with Crippen LogP contribution in [0, 0.1) is 0 Å². The number of tetrazole rings is 1. The van der Waals surface area contributed by atoms with Crippen LogP contribution in [-0.2, 0) is 13.6 Å². The van der Waals surface area contributed by atoms with E-state index in [0.717, 1.165) is 0 Å². The normalized spacial score (nSPS) is 10.6. The van der Waals surface area contributed by atoms with Gasteiger partial charge in [-0.3, -0.25) is 0 Å². The number of nitrogens with zero attached hydrogens (tertiary/aromatic N) is 6. The summed E-state index contributed by atoms with van der Waals surface area (Å²) in [5.74, 6) is 0.950. The molecule has 0 aliphatic rings. The minimum Gasteiger partial charge on any atom is -0.330 e. The second-order valence-corrected chi connectivity index (χ2v) is 2.32. The first-order valence-corrected chi connectivity index (χ1v) is 3.56. The summed E-state index contributed by atoms with van der Waals surface area (Å²) in [4.78, 5) is 5.24. The molecule has 2 aromatic rings. The van der Waals surface area contributed by atoms with Crippen molar-refractivity contribution >= 4 is 0 Å². The molecular formula is C5H7N7O. The fourth-order valence-electron chi connectivity index (χ4n) is 0.797. The molecule has 2 aromatic heterocycles. The molecule has 0 radical (unpaired) electrons. The van der Waals surface area contributed by atoms with Crippen molar-refractivity contribution in [2.24, 2.45) is 12.8 Å². The largest absolute Gasteiger partial charge is 0.330 e. The van der Waals surface area contributed by atoms with E-state index in [1.165, 1.54) is 4.80 Å². The molecule has 0 aliphatic heterocycles. The lowest BCUT2D eigenvalue weighted by Gasteiger charge is -1.79. The first-order chi connectivity index (χ1) is 6.29. The number of aryl methyl sites for hydroxylation is 1. The minimum atomic E-state index is 0.226. The maximum absolute atomic E-state index is 5.30. The Morgan fingerprint density at radius 1 is 1.54 bits per heavy atom. The van der Waals surface area contributed by atoms with Crippen molar-refractivity contribution in [1.29, 1.82) is 0 Å². The van der Waals surface area contributed by atoms with E-state index in [4.69, 9.17) is 10.3 Å². The van der Waals surface area contributed by atoms with Crippen LogP contribution in [0.5, 0.6) is 0 Å². The molecule has 0 amide bonds. The summed E-state index contributed by atoms with van der Waals surface area (Å²) in [6.07, 6.45) is 0. The molecule has 13 heavy (non-hydrogen) atoms. The van der Waals surface area contributed by atoms with Gasteiger partial charge in [-0.05, 0) is 5.21 Å². The van der Waals surface area contributed by atoms with Crippen LogP contribution in [0.15, 0.2) is 4.52 Å². The van der Waals surface area contributed by atoms with Crippen molar-refractivity contribution in [2.75, 3.05) is 0 Å². The summed E-state index contributed by atoms with van der Waals surface area (Å²) in [6.45, 7) is 0.226. The third-order valence-electron chi connectivity index (χ3n) is 1.35. The van der Waals surface area contributed by atoms with Gasteiger partial charge >= 0.3 is 0 Å². The summed E-state index contributed by atoms with van der Waals surface area (Å²) >= 11 is 0. The molecule has 8 nitrogen and oxygen atoms in total.